The lowest BCUT2D eigenvalue weighted by atomic mass is 10.0. The van der Waals surface area contributed by atoms with Crippen LogP contribution in [-0.4, -0.2) is 59.7 Å². The number of nitro benzene ring substituents is 2. The van der Waals surface area contributed by atoms with Crippen molar-refractivity contribution in [1.29, 1.82) is 0 Å². The number of esters is 2. The van der Waals surface area contributed by atoms with Gasteiger partial charge in [-0.2, -0.15) is 0 Å². The highest BCUT2D eigenvalue weighted by Gasteiger charge is 2.33. The highest BCUT2D eigenvalue weighted by molar-refractivity contribution is 7.98. The van der Waals surface area contributed by atoms with E-state index in [0.717, 1.165) is 9.79 Å². The molecule has 0 heterocycles. The Bertz CT molecular complexity index is 2220. The number of carbonyl (C=O) groups is 2. The van der Waals surface area contributed by atoms with E-state index in [9.17, 15) is 29.8 Å². The van der Waals surface area contributed by atoms with E-state index in [1.165, 1.54) is 57.2 Å². The van der Waals surface area contributed by atoms with E-state index in [1.807, 2.05) is 36.8 Å². The number of hydrogen-bond donors (Lipinski definition) is 0. The van der Waals surface area contributed by atoms with Gasteiger partial charge in [0.25, 0.3) is 0 Å². The first-order valence-electron chi connectivity index (χ1n) is 17.4. The molecule has 0 bridgehead atoms. The average molecular weight is 831 g/mol. The third kappa shape index (κ3) is 12.4. The number of hydrogen-bond acceptors (Lipinski definition) is 14. The van der Waals surface area contributed by atoms with Gasteiger partial charge >= 0.3 is 23.3 Å². The summed E-state index contributed by atoms with van der Waals surface area (Å²) in [5.74, 6) is -0.861. The molecule has 0 aliphatic rings. The molecule has 0 spiro atoms. The molecule has 0 saturated heterocycles. The maximum absolute atomic E-state index is 12.6. The van der Waals surface area contributed by atoms with E-state index in [-0.39, 0.29) is 65.1 Å². The monoisotopic (exact) mass is 830 g/mol. The fourth-order valence-electron chi connectivity index (χ4n) is 4.88. The number of allylic oxidation sites excluding steroid dienone is 1. The van der Waals surface area contributed by atoms with Crippen LogP contribution in [0.4, 0.5) is 11.4 Å². The van der Waals surface area contributed by atoms with Crippen molar-refractivity contribution in [2.75, 3.05) is 32.3 Å². The second kappa shape index (κ2) is 20.2. The predicted molar refractivity (Wildman–Crippen MR) is 222 cm³/mol. The Kier molecular flexibility index (Phi) is 15.5. The SMILES string of the molecule is C=C(C)C(=O)OC(C)=C(COc1ccc(SC)cc1)Oc1ccc(-c2ccc(OCC(C)(COc3ccc(SC)cc3)OC(=O)C(=C)C)c([N+](=O)[O-])c2)cc1[N+](=O)[O-]. The molecule has 4 aromatic rings. The van der Waals surface area contributed by atoms with Gasteiger partial charge in [0.15, 0.2) is 17.1 Å². The van der Waals surface area contributed by atoms with Gasteiger partial charge in [-0.25, -0.2) is 9.59 Å². The largest absolute Gasteiger partial charge is 0.489 e. The summed E-state index contributed by atoms with van der Waals surface area (Å²) in [6, 6.07) is 22.5. The minimum atomic E-state index is -1.41. The zero-order valence-corrected chi connectivity index (χ0v) is 34.4. The third-order valence-corrected chi connectivity index (χ3v) is 9.61. The Hall–Kier alpha value is -6.26. The lowest BCUT2D eigenvalue weighted by Gasteiger charge is -2.29. The lowest BCUT2D eigenvalue weighted by molar-refractivity contribution is -0.386. The van der Waals surface area contributed by atoms with Gasteiger partial charge in [-0.05, 0) is 112 Å². The smallest absolute Gasteiger partial charge is 0.338 e. The van der Waals surface area contributed by atoms with Crippen LogP contribution in [0.3, 0.4) is 0 Å². The third-order valence-electron chi connectivity index (χ3n) is 8.12. The number of ether oxygens (including phenoxy) is 6. The van der Waals surface area contributed by atoms with E-state index in [2.05, 4.69) is 13.2 Å². The molecular formula is C42H42N2O12S2. The standard InChI is InChI=1S/C42H42N2O12S2/c1-26(2)40(45)54-28(5)39(23-51-31-11-15-33(57-7)16-12-31)55-38-20-10-30(22-36(38)44(49)50)29-9-19-37(35(21-29)43(47)48)53-25-42(6,56-41(46)27(3)4)24-52-32-13-17-34(58-8)18-14-32/h9-22H,1,3,23-25H2,2,4-8H3. The lowest BCUT2D eigenvalue weighted by Crippen LogP contribution is -2.43. The second-order valence-corrected chi connectivity index (χ2v) is 14.7. The number of nitrogens with zero attached hydrogens (tertiary/aromatic N) is 2. The quantitative estimate of drug-likeness (QED) is 0.0205. The minimum Gasteiger partial charge on any atom is -0.489 e. The van der Waals surface area contributed by atoms with Crippen LogP contribution in [0, 0.1) is 20.2 Å². The highest BCUT2D eigenvalue weighted by atomic mass is 32.2. The zero-order chi connectivity index (χ0) is 42.6. The predicted octanol–water partition coefficient (Wildman–Crippen LogP) is 9.76. The summed E-state index contributed by atoms with van der Waals surface area (Å²) in [4.78, 5) is 50.3. The Morgan fingerprint density at radius 1 is 0.672 bits per heavy atom. The summed E-state index contributed by atoms with van der Waals surface area (Å²) in [5.41, 5.74) is -1.59. The summed E-state index contributed by atoms with van der Waals surface area (Å²) < 4.78 is 34.7. The Morgan fingerprint density at radius 2 is 1.14 bits per heavy atom. The molecule has 58 heavy (non-hydrogen) atoms. The summed E-state index contributed by atoms with van der Waals surface area (Å²) in [7, 11) is 0. The van der Waals surface area contributed by atoms with Gasteiger partial charge in [0, 0.05) is 33.1 Å². The Labute approximate surface area is 344 Å². The summed E-state index contributed by atoms with van der Waals surface area (Å²) in [5, 5.41) is 24.7. The van der Waals surface area contributed by atoms with E-state index >= 15 is 0 Å². The van der Waals surface area contributed by atoms with Gasteiger partial charge in [0.1, 0.15) is 37.1 Å². The summed E-state index contributed by atoms with van der Waals surface area (Å²) in [6.45, 7) is 12.4. The first kappa shape index (κ1) is 44.5. The van der Waals surface area contributed by atoms with E-state index in [0.29, 0.717) is 11.5 Å². The van der Waals surface area contributed by atoms with Crippen LogP contribution < -0.4 is 18.9 Å². The van der Waals surface area contributed by atoms with Gasteiger partial charge in [-0.15, -0.1) is 23.5 Å². The maximum atomic E-state index is 12.6. The van der Waals surface area contributed by atoms with Gasteiger partial charge in [0.05, 0.1) is 9.85 Å². The molecular weight excluding hydrogens is 789 g/mol. The van der Waals surface area contributed by atoms with Crippen molar-refractivity contribution < 1.29 is 47.9 Å². The molecule has 1 unspecified atom stereocenters. The van der Waals surface area contributed by atoms with Crippen LogP contribution in [0.5, 0.6) is 23.0 Å². The average Bonchev–Trinajstić information content (AvgIpc) is 3.20. The van der Waals surface area contributed by atoms with Crippen LogP contribution in [-0.2, 0) is 19.1 Å². The van der Waals surface area contributed by atoms with E-state index in [1.54, 1.807) is 54.7 Å². The highest BCUT2D eigenvalue weighted by Crippen LogP contribution is 2.38. The fraction of sp³-hybridized carbons (Fsp3) is 0.238. The van der Waals surface area contributed by atoms with Crippen LogP contribution in [0.15, 0.2) is 131 Å². The molecule has 0 N–H and O–H groups in total. The van der Waals surface area contributed by atoms with E-state index < -0.39 is 38.8 Å². The van der Waals surface area contributed by atoms with E-state index in [4.69, 9.17) is 28.4 Å². The number of thioether (sulfide) groups is 2. The normalized spacial score (nSPS) is 12.2. The number of nitro groups is 2. The molecule has 4 rings (SSSR count). The number of benzene rings is 4. The van der Waals surface area contributed by atoms with Gasteiger partial charge in [0.2, 0.25) is 5.75 Å². The molecule has 0 aliphatic heterocycles. The van der Waals surface area contributed by atoms with Crippen molar-refractivity contribution in [2.45, 2.75) is 43.1 Å². The van der Waals surface area contributed by atoms with Crippen molar-refractivity contribution in [3.8, 4) is 34.1 Å². The molecule has 0 aliphatic carbocycles. The molecule has 0 saturated carbocycles. The topological polar surface area (TPSA) is 176 Å². The van der Waals surface area contributed by atoms with Gasteiger partial charge < -0.3 is 28.4 Å². The zero-order valence-electron chi connectivity index (χ0n) is 32.7. The molecule has 304 valence electrons. The number of rotatable bonds is 20. The first-order valence-corrected chi connectivity index (χ1v) is 19.8. The Morgan fingerprint density at radius 3 is 1.62 bits per heavy atom. The van der Waals surface area contributed by atoms with Crippen LogP contribution in [0.25, 0.3) is 11.1 Å². The first-order chi connectivity index (χ1) is 27.5. The molecule has 0 fully saturated rings. The minimum absolute atomic E-state index is 0.0137. The molecule has 14 nitrogen and oxygen atoms in total. The van der Waals surface area contributed by atoms with Crippen molar-refractivity contribution in [3.63, 3.8) is 0 Å². The van der Waals surface area contributed by atoms with Crippen LogP contribution in [0.1, 0.15) is 27.7 Å². The van der Waals surface area contributed by atoms with Gasteiger partial charge in [-0.3, -0.25) is 20.2 Å². The molecule has 0 amide bonds. The number of carbonyl (C=O) groups excluding carboxylic acids is 2. The van der Waals surface area contributed by atoms with Crippen molar-refractivity contribution >= 4 is 46.8 Å². The molecule has 0 radical (unpaired) electrons. The Balaban J connectivity index is 1.61. The summed E-state index contributed by atoms with van der Waals surface area (Å²) >= 11 is 3.11. The van der Waals surface area contributed by atoms with Gasteiger partial charge in [-0.1, -0.05) is 25.3 Å². The van der Waals surface area contributed by atoms with Crippen LogP contribution in [0.2, 0.25) is 0 Å². The second-order valence-electron chi connectivity index (χ2n) is 13.0. The maximum Gasteiger partial charge on any atom is 0.338 e. The summed E-state index contributed by atoms with van der Waals surface area (Å²) in [6.07, 6.45) is 3.87. The molecule has 4 aromatic carbocycles. The van der Waals surface area contributed by atoms with Crippen molar-refractivity contribution in [1.82, 2.24) is 0 Å². The van der Waals surface area contributed by atoms with Crippen molar-refractivity contribution in [2.24, 2.45) is 0 Å². The van der Waals surface area contributed by atoms with Crippen LogP contribution >= 0.6 is 23.5 Å². The molecule has 1 atom stereocenters. The van der Waals surface area contributed by atoms with Crippen molar-refractivity contribution in [3.05, 3.63) is 141 Å². The fourth-order valence-corrected chi connectivity index (χ4v) is 5.69. The molecule has 16 heteroatoms. The molecule has 0 aromatic heterocycles.